The molecule has 1 aromatic heterocycles. The topological polar surface area (TPSA) is 51.7 Å². The molecule has 0 spiro atoms. The van der Waals surface area contributed by atoms with Crippen molar-refractivity contribution < 1.29 is 4.79 Å². The molecule has 24 heavy (non-hydrogen) atoms. The van der Waals surface area contributed by atoms with Crippen LogP contribution in [-0.2, 0) is 11.3 Å². The number of nitrogens with one attached hydrogen (secondary N) is 1. The van der Waals surface area contributed by atoms with Gasteiger partial charge < -0.3 is 5.32 Å². The van der Waals surface area contributed by atoms with E-state index in [4.69, 9.17) is 0 Å². The number of piperazine rings is 2. The molecule has 3 fully saturated rings. The molecule has 4 heterocycles. The highest BCUT2D eigenvalue weighted by molar-refractivity contribution is 5.82. The van der Waals surface area contributed by atoms with Crippen molar-refractivity contribution in [2.45, 2.75) is 31.5 Å². The largest absolute Gasteiger partial charge is 0.353 e. The highest BCUT2D eigenvalue weighted by Gasteiger charge is 2.37. The van der Waals surface area contributed by atoms with E-state index in [1.807, 2.05) is 18.5 Å². The second kappa shape index (κ2) is 7.17. The van der Waals surface area contributed by atoms with Crippen LogP contribution in [0.3, 0.4) is 0 Å². The molecule has 1 atom stereocenters. The monoisotopic (exact) mass is 329 g/mol. The lowest BCUT2D eigenvalue weighted by atomic mass is 9.99. The smallest absolute Gasteiger partial charge is 0.238 e. The van der Waals surface area contributed by atoms with Crippen LogP contribution >= 0.6 is 0 Å². The van der Waals surface area contributed by atoms with Crippen molar-refractivity contribution in [3.05, 3.63) is 30.1 Å². The Bertz CT molecular complexity index is 558. The minimum absolute atomic E-state index is 0.0703. The van der Waals surface area contributed by atoms with Gasteiger partial charge in [0.15, 0.2) is 0 Å². The molecule has 0 aromatic carbocycles. The highest BCUT2D eigenvalue weighted by Crippen LogP contribution is 2.22. The van der Waals surface area contributed by atoms with Crippen molar-refractivity contribution in [3.63, 3.8) is 0 Å². The molecule has 3 aliphatic heterocycles. The van der Waals surface area contributed by atoms with E-state index in [1.54, 1.807) is 0 Å². The van der Waals surface area contributed by atoms with Crippen molar-refractivity contribution in [2.24, 2.45) is 0 Å². The van der Waals surface area contributed by atoms with Crippen molar-refractivity contribution in [1.29, 1.82) is 0 Å². The Morgan fingerprint density at radius 2 is 1.96 bits per heavy atom. The van der Waals surface area contributed by atoms with Gasteiger partial charge in [0.05, 0.1) is 0 Å². The first kappa shape index (κ1) is 16.0. The van der Waals surface area contributed by atoms with Gasteiger partial charge in [-0.1, -0.05) is 6.07 Å². The lowest BCUT2D eigenvalue weighted by Gasteiger charge is -2.47. The summed E-state index contributed by atoms with van der Waals surface area (Å²) in [4.78, 5) is 23.8. The predicted molar refractivity (Wildman–Crippen MR) is 92.5 cm³/mol. The van der Waals surface area contributed by atoms with Crippen LogP contribution in [0.15, 0.2) is 24.5 Å². The molecule has 0 bridgehead atoms. The second-order valence-electron chi connectivity index (χ2n) is 7.21. The number of carbonyl (C=O) groups excluding carboxylic acids is 1. The Morgan fingerprint density at radius 3 is 2.75 bits per heavy atom. The standard InChI is InChI=1S/C18H27N5O/c24-18-17-14-23(11-10-22(17)9-6-20-18)16-3-7-21(8-4-16)13-15-2-1-5-19-12-15/h1-2,5,12,16-17H,3-4,6-11,13-14H2,(H,20,24)/t17-/m0/s1. The number of hydrogen-bond donors (Lipinski definition) is 1. The normalized spacial score (nSPS) is 27.7. The number of rotatable bonds is 3. The van der Waals surface area contributed by atoms with Crippen LogP contribution in [0, 0.1) is 0 Å². The summed E-state index contributed by atoms with van der Waals surface area (Å²) in [7, 11) is 0. The van der Waals surface area contributed by atoms with E-state index < -0.39 is 0 Å². The van der Waals surface area contributed by atoms with E-state index in [9.17, 15) is 4.79 Å². The summed E-state index contributed by atoms with van der Waals surface area (Å²) in [5, 5.41) is 3.02. The third-order valence-electron chi connectivity index (χ3n) is 5.73. The van der Waals surface area contributed by atoms with Crippen LogP contribution in [0.25, 0.3) is 0 Å². The molecule has 0 aliphatic carbocycles. The fourth-order valence-corrected chi connectivity index (χ4v) is 4.32. The summed E-state index contributed by atoms with van der Waals surface area (Å²) < 4.78 is 0. The number of piperidine rings is 1. The van der Waals surface area contributed by atoms with Gasteiger partial charge in [-0.05, 0) is 37.6 Å². The first-order chi connectivity index (χ1) is 11.8. The Morgan fingerprint density at radius 1 is 1.12 bits per heavy atom. The second-order valence-corrected chi connectivity index (χ2v) is 7.21. The summed E-state index contributed by atoms with van der Waals surface area (Å²) in [5.41, 5.74) is 1.29. The zero-order valence-corrected chi connectivity index (χ0v) is 14.2. The molecule has 0 saturated carbocycles. The zero-order chi connectivity index (χ0) is 16.4. The number of amides is 1. The molecular weight excluding hydrogens is 302 g/mol. The van der Waals surface area contributed by atoms with Crippen LogP contribution < -0.4 is 5.32 Å². The third-order valence-corrected chi connectivity index (χ3v) is 5.73. The molecule has 1 amide bonds. The van der Waals surface area contributed by atoms with Gasteiger partial charge in [0.1, 0.15) is 6.04 Å². The molecular formula is C18H27N5O. The molecule has 6 nitrogen and oxygen atoms in total. The minimum atomic E-state index is 0.0703. The fraction of sp³-hybridized carbons (Fsp3) is 0.667. The lowest BCUT2D eigenvalue weighted by molar-refractivity contribution is -0.132. The van der Waals surface area contributed by atoms with Crippen LogP contribution in [0.4, 0.5) is 0 Å². The van der Waals surface area contributed by atoms with Crippen LogP contribution in [0.2, 0.25) is 0 Å². The average Bonchev–Trinajstić information content (AvgIpc) is 2.63. The molecule has 130 valence electrons. The van der Waals surface area contributed by atoms with Gasteiger partial charge in [-0.2, -0.15) is 0 Å². The van der Waals surface area contributed by atoms with Crippen molar-refractivity contribution in [2.75, 3.05) is 45.8 Å². The summed E-state index contributed by atoms with van der Waals surface area (Å²) in [6.07, 6.45) is 6.20. The average molecular weight is 329 g/mol. The number of hydrogen-bond acceptors (Lipinski definition) is 5. The lowest BCUT2D eigenvalue weighted by Crippen LogP contribution is -2.65. The van der Waals surface area contributed by atoms with Gasteiger partial charge in [-0.15, -0.1) is 0 Å². The van der Waals surface area contributed by atoms with Crippen LogP contribution in [-0.4, -0.2) is 83.5 Å². The zero-order valence-electron chi connectivity index (χ0n) is 14.2. The molecule has 1 N–H and O–H groups in total. The maximum atomic E-state index is 12.1. The summed E-state index contributed by atoms with van der Waals surface area (Å²) in [6.45, 7) is 8.13. The van der Waals surface area contributed by atoms with Crippen molar-refractivity contribution in [1.82, 2.24) is 25.0 Å². The quantitative estimate of drug-likeness (QED) is 0.856. The SMILES string of the molecule is O=C1NCCN2CCN(C3CCN(Cc4cccnc4)CC3)C[C@@H]12. The Kier molecular flexibility index (Phi) is 4.78. The number of likely N-dealkylation sites (tertiary alicyclic amines) is 1. The minimum Gasteiger partial charge on any atom is -0.353 e. The van der Waals surface area contributed by atoms with E-state index in [1.165, 1.54) is 18.4 Å². The van der Waals surface area contributed by atoms with Gasteiger partial charge in [-0.25, -0.2) is 0 Å². The Labute approximate surface area is 143 Å². The van der Waals surface area contributed by atoms with E-state index in [0.717, 1.165) is 52.4 Å². The van der Waals surface area contributed by atoms with Crippen LogP contribution in [0.1, 0.15) is 18.4 Å². The van der Waals surface area contributed by atoms with E-state index in [2.05, 4.69) is 31.1 Å². The van der Waals surface area contributed by atoms with Crippen molar-refractivity contribution in [3.8, 4) is 0 Å². The van der Waals surface area contributed by atoms with Gasteiger partial charge in [0.25, 0.3) is 0 Å². The number of aromatic nitrogens is 1. The molecule has 6 heteroatoms. The number of nitrogens with zero attached hydrogens (tertiary/aromatic N) is 4. The van der Waals surface area contributed by atoms with Crippen LogP contribution in [0.5, 0.6) is 0 Å². The Hall–Kier alpha value is -1.50. The first-order valence-electron chi connectivity index (χ1n) is 9.17. The summed E-state index contributed by atoms with van der Waals surface area (Å²) in [5.74, 6) is 0.222. The molecule has 0 radical (unpaired) electrons. The fourth-order valence-electron chi connectivity index (χ4n) is 4.32. The number of pyridine rings is 1. The van der Waals surface area contributed by atoms with E-state index >= 15 is 0 Å². The maximum absolute atomic E-state index is 12.1. The van der Waals surface area contributed by atoms with Gasteiger partial charge >= 0.3 is 0 Å². The molecule has 0 unspecified atom stereocenters. The summed E-state index contributed by atoms with van der Waals surface area (Å²) >= 11 is 0. The van der Waals surface area contributed by atoms with E-state index in [0.29, 0.717) is 6.04 Å². The highest BCUT2D eigenvalue weighted by atomic mass is 16.2. The van der Waals surface area contributed by atoms with Gasteiger partial charge in [0.2, 0.25) is 5.91 Å². The van der Waals surface area contributed by atoms with Crippen molar-refractivity contribution >= 4 is 5.91 Å². The molecule has 1 aromatic rings. The maximum Gasteiger partial charge on any atom is 0.238 e. The molecule has 3 aliphatic rings. The third kappa shape index (κ3) is 3.45. The summed E-state index contributed by atoms with van der Waals surface area (Å²) in [6, 6.07) is 4.87. The van der Waals surface area contributed by atoms with E-state index in [-0.39, 0.29) is 11.9 Å². The predicted octanol–water partition coefficient (Wildman–Crippen LogP) is 0.162. The number of fused-ring (bicyclic) bond motifs is 1. The molecule has 4 rings (SSSR count). The number of carbonyl (C=O) groups is 1. The Balaban J connectivity index is 1.29. The molecule has 3 saturated heterocycles. The van der Waals surface area contributed by atoms with Gasteiger partial charge in [0, 0.05) is 57.7 Å². The first-order valence-corrected chi connectivity index (χ1v) is 9.17. The van der Waals surface area contributed by atoms with Gasteiger partial charge in [-0.3, -0.25) is 24.5 Å².